The van der Waals surface area contributed by atoms with Gasteiger partial charge in [-0.2, -0.15) is 0 Å². The summed E-state index contributed by atoms with van der Waals surface area (Å²) in [5.74, 6) is 0. The molecule has 0 aliphatic rings. The molecular weight excluding hydrogens is 210 g/mol. The molecule has 1 aromatic carbocycles. The zero-order valence-electron chi connectivity index (χ0n) is 8.02. The summed E-state index contributed by atoms with van der Waals surface area (Å²) < 4.78 is 0. The van der Waals surface area contributed by atoms with Gasteiger partial charge in [0.25, 0.3) is 0 Å². The standard InChI is InChI=1S/C11H10ClN3/c12-9-2-1-3-10(6-9)14-7-11-4-5-13-8-15-11/h1-6,8,14H,7H2. The van der Waals surface area contributed by atoms with E-state index in [0.717, 1.165) is 16.4 Å². The summed E-state index contributed by atoms with van der Waals surface area (Å²) in [6.07, 6.45) is 3.26. The Bertz CT molecular complexity index is 431. The lowest BCUT2D eigenvalue weighted by Gasteiger charge is -2.05. The van der Waals surface area contributed by atoms with Crippen molar-refractivity contribution < 1.29 is 0 Å². The number of nitrogens with one attached hydrogen (secondary N) is 1. The largest absolute Gasteiger partial charge is 0.379 e. The average molecular weight is 220 g/mol. The van der Waals surface area contributed by atoms with E-state index in [2.05, 4.69) is 15.3 Å². The number of nitrogens with zero attached hydrogens (tertiary/aromatic N) is 2. The molecule has 15 heavy (non-hydrogen) atoms. The molecule has 0 atom stereocenters. The normalized spacial score (nSPS) is 9.93. The predicted molar refractivity (Wildman–Crippen MR) is 60.8 cm³/mol. The van der Waals surface area contributed by atoms with Crippen LogP contribution >= 0.6 is 11.6 Å². The molecule has 0 spiro atoms. The second kappa shape index (κ2) is 4.75. The first-order chi connectivity index (χ1) is 7.34. The lowest BCUT2D eigenvalue weighted by Crippen LogP contribution is -2.01. The topological polar surface area (TPSA) is 37.8 Å². The minimum Gasteiger partial charge on any atom is -0.379 e. The molecule has 0 aliphatic carbocycles. The van der Waals surface area contributed by atoms with Gasteiger partial charge in [0, 0.05) is 16.9 Å². The number of anilines is 1. The second-order valence-electron chi connectivity index (χ2n) is 3.06. The number of halogens is 1. The van der Waals surface area contributed by atoms with Gasteiger partial charge >= 0.3 is 0 Å². The summed E-state index contributed by atoms with van der Waals surface area (Å²) in [4.78, 5) is 7.96. The third-order valence-electron chi connectivity index (χ3n) is 1.94. The van der Waals surface area contributed by atoms with Gasteiger partial charge in [-0.05, 0) is 24.3 Å². The van der Waals surface area contributed by atoms with Gasteiger partial charge < -0.3 is 5.32 Å². The van der Waals surface area contributed by atoms with Gasteiger partial charge in [0.1, 0.15) is 6.33 Å². The Morgan fingerprint density at radius 1 is 1.27 bits per heavy atom. The number of aromatic nitrogens is 2. The van der Waals surface area contributed by atoms with Gasteiger partial charge in [0.05, 0.1) is 12.2 Å². The lowest BCUT2D eigenvalue weighted by molar-refractivity contribution is 1.01. The molecule has 4 heteroatoms. The van der Waals surface area contributed by atoms with Crippen LogP contribution in [0, 0.1) is 0 Å². The van der Waals surface area contributed by atoms with E-state index in [9.17, 15) is 0 Å². The van der Waals surface area contributed by atoms with Crippen LogP contribution in [-0.2, 0) is 6.54 Å². The first-order valence-corrected chi connectivity index (χ1v) is 4.97. The average Bonchev–Trinajstić information content (AvgIpc) is 2.28. The second-order valence-corrected chi connectivity index (χ2v) is 3.50. The molecule has 0 bridgehead atoms. The van der Waals surface area contributed by atoms with E-state index in [1.54, 1.807) is 6.20 Å². The SMILES string of the molecule is Clc1cccc(NCc2ccncn2)c1. The van der Waals surface area contributed by atoms with Crippen LogP contribution in [0.5, 0.6) is 0 Å². The lowest BCUT2D eigenvalue weighted by atomic mass is 10.3. The van der Waals surface area contributed by atoms with Gasteiger partial charge in [0.15, 0.2) is 0 Å². The van der Waals surface area contributed by atoms with Crippen molar-refractivity contribution in [1.82, 2.24) is 9.97 Å². The van der Waals surface area contributed by atoms with Crippen molar-refractivity contribution in [1.29, 1.82) is 0 Å². The van der Waals surface area contributed by atoms with Crippen LogP contribution in [0.1, 0.15) is 5.69 Å². The van der Waals surface area contributed by atoms with Crippen molar-refractivity contribution in [3.63, 3.8) is 0 Å². The molecule has 0 aliphatic heterocycles. The van der Waals surface area contributed by atoms with Crippen LogP contribution in [-0.4, -0.2) is 9.97 Å². The fourth-order valence-corrected chi connectivity index (χ4v) is 1.40. The van der Waals surface area contributed by atoms with Gasteiger partial charge in [-0.3, -0.25) is 0 Å². The summed E-state index contributed by atoms with van der Waals surface area (Å²) >= 11 is 5.86. The Morgan fingerprint density at radius 2 is 2.20 bits per heavy atom. The molecule has 1 N–H and O–H groups in total. The Labute approximate surface area is 93.1 Å². The minimum atomic E-state index is 0.670. The van der Waals surface area contributed by atoms with Gasteiger partial charge in [0.2, 0.25) is 0 Å². The van der Waals surface area contributed by atoms with E-state index in [1.807, 2.05) is 30.3 Å². The summed E-state index contributed by atoms with van der Waals surface area (Å²) in [5, 5.41) is 3.95. The number of hydrogen-bond donors (Lipinski definition) is 1. The third kappa shape index (κ3) is 2.92. The quantitative estimate of drug-likeness (QED) is 0.863. The van der Waals surface area contributed by atoms with E-state index >= 15 is 0 Å². The number of hydrogen-bond acceptors (Lipinski definition) is 3. The Hall–Kier alpha value is -1.61. The van der Waals surface area contributed by atoms with Crippen LogP contribution in [0.15, 0.2) is 42.9 Å². The van der Waals surface area contributed by atoms with Crippen LogP contribution in [0.25, 0.3) is 0 Å². The molecule has 0 amide bonds. The molecule has 0 saturated heterocycles. The molecule has 0 unspecified atom stereocenters. The van der Waals surface area contributed by atoms with Crippen molar-refractivity contribution in [3.05, 3.63) is 53.6 Å². The van der Waals surface area contributed by atoms with Crippen LogP contribution in [0.4, 0.5) is 5.69 Å². The highest BCUT2D eigenvalue weighted by molar-refractivity contribution is 6.30. The molecule has 1 aromatic heterocycles. The summed E-state index contributed by atoms with van der Waals surface area (Å²) in [6.45, 7) is 0.670. The van der Waals surface area contributed by atoms with Gasteiger partial charge in [-0.25, -0.2) is 9.97 Å². The van der Waals surface area contributed by atoms with Gasteiger partial charge in [-0.1, -0.05) is 17.7 Å². The molecule has 1 heterocycles. The predicted octanol–water partition coefficient (Wildman–Crippen LogP) is 2.74. The molecule has 2 aromatic rings. The highest BCUT2D eigenvalue weighted by Crippen LogP contribution is 2.15. The Kier molecular flexibility index (Phi) is 3.15. The maximum atomic E-state index is 5.86. The van der Waals surface area contributed by atoms with Crippen molar-refractivity contribution in [2.45, 2.75) is 6.54 Å². The van der Waals surface area contributed by atoms with E-state index in [4.69, 9.17) is 11.6 Å². The third-order valence-corrected chi connectivity index (χ3v) is 2.18. The van der Waals surface area contributed by atoms with Crippen molar-refractivity contribution in [2.75, 3.05) is 5.32 Å². The Balaban J connectivity index is 1.99. The van der Waals surface area contributed by atoms with E-state index in [-0.39, 0.29) is 0 Å². The first-order valence-electron chi connectivity index (χ1n) is 4.59. The monoisotopic (exact) mass is 219 g/mol. The van der Waals surface area contributed by atoms with E-state index < -0.39 is 0 Å². The first kappa shape index (κ1) is 9.93. The molecule has 2 rings (SSSR count). The van der Waals surface area contributed by atoms with Crippen LogP contribution in [0.3, 0.4) is 0 Å². The molecule has 76 valence electrons. The fraction of sp³-hybridized carbons (Fsp3) is 0.0909. The molecule has 3 nitrogen and oxygen atoms in total. The molecule has 0 saturated carbocycles. The van der Waals surface area contributed by atoms with Gasteiger partial charge in [-0.15, -0.1) is 0 Å². The summed E-state index contributed by atoms with van der Waals surface area (Å²) in [7, 11) is 0. The highest BCUT2D eigenvalue weighted by atomic mass is 35.5. The molecular formula is C11H10ClN3. The van der Waals surface area contributed by atoms with Crippen LogP contribution in [0.2, 0.25) is 5.02 Å². The maximum absolute atomic E-state index is 5.86. The number of rotatable bonds is 3. The zero-order valence-corrected chi connectivity index (χ0v) is 8.78. The zero-order chi connectivity index (χ0) is 10.5. The van der Waals surface area contributed by atoms with Crippen LogP contribution < -0.4 is 5.32 Å². The van der Waals surface area contributed by atoms with E-state index in [1.165, 1.54) is 6.33 Å². The summed E-state index contributed by atoms with van der Waals surface area (Å²) in [6, 6.07) is 9.47. The molecule has 0 fully saturated rings. The molecule has 0 radical (unpaired) electrons. The maximum Gasteiger partial charge on any atom is 0.115 e. The van der Waals surface area contributed by atoms with Crippen molar-refractivity contribution in [3.8, 4) is 0 Å². The van der Waals surface area contributed by atoms with Crippen molar-refractivity contribution >= 4 is 17.3 Å². The van der Waals surface area contributed by atoms with E-state index in [0.29, 0.717) is 6.54 Å². The number of benzene rings is 1. The Morgan fingerprint density at radius 3 is 2.93 bits per heavy atom. The summed E-state index contributed by atoms with van der Waals surface area (Å²) in [5.41, 5.74) is 1.94. The van der Waals surface area contributed by atoms with Crippen molar-refractivity contribution in [2.24, 2.45) is 0 Å². The highest BCUT2D eigenvalue weighted by Gasteiger charge is 1.95. The smallest absolute Gasteiger partial charge is 0.115 e. The fourth-order valence-electron chi connectivity index (χ4n) is 1.21. The minimum absolute atomic E-state index is 0.670.